The van der Waals surface area contributed by atoms with Gasteiger partial charge in [-0.05, 0) is 35.0 Å². The molecule has 0 saturated carbocycles. The lowest BCUT2D eigenvalue weighted by molar-refractivity contribution is 0.417. The lowest BCUT2D eigenvalue weighted by Gasteiger charge is -2.17. The van der Waals surface area contributed by atoms with Crippen LogP contribution in [0.3, 0.4) is 0 Å². The molecule has 0 aliphatic carbocycles. The molecule has 4 aromatic carbocycles. The second-order valence-corrected chi connectivity index (χ2v) is 9.35. The minimum absolute atomic E-state index is 0.435. The highest BCUT2D eigenvalue weighted by molar-refractivity contribution is 7.92. The molecule has 2 N–H and O–H groups in total. The zero-order chi connectivity index (χ0) is 22.3. The molecule has 6 nitrogen and oxygen atoms in total. The summed E-state index contributed by atoms with van der Waals surface area (Å²) in [7, 11) is -1.83. The van der Waals surface area contributed by atoms with Crippen LogP contribution in [0, 0.1) is 0 Å². The van der Waals surface area contributed by atoms with E-state index in [1.807, 2.05) is 42.5 Å². The zero-order valence-corrected chi connectivity index (χ0v) is 18.4. The standard InChI is InChI=1S/C25H21N3O3S/c1-31-23-15-17(28-32(2,29)30)12-14-21(23)27-25-19-9-5-6-10-20(19)26-22-13-11-16-7-3-4-8-18(16)24(22)25/h3-15,28H,1-2H3,(H,26,27). The summed E-state index contributed by atoms with van der Waals surface area (Å²) < 4.78 is 31.3. The zero-order valence-electron chi connectivity index (χ0n) is 17.6. The first-order valence-electron chi connectivity index (χ1n) is 10.1. The van der Waals surface area contributed by atoms with Crippen LogP contribution >= 0.6 is 0 Å². The molecule has 0 radical (unpaired) electrons. The summed E-state index contributed by atoms with van der Waals surface area (Å²) in [5.41, 5.74) is 3.85. The second kappa shape index (κ2) is 7.69. The molecular weight excluding hydrogens is 422 g/mol. The molecule has 5 aromatic rings. The molecule has 1 heterocycles. The van der Waals surface area contributed by atoms with Crippen molar-refractivity contribution in [2.45, 2.75) is 0 Å². The predicted octanol–water partition coefficient (Wildman–Crippen LogP) is 5.66. The summed E-state index contributed by atoms with van der Waals surface area (Å²) in [6.45, 7) is 0. The molecule has 0 aliphatic rings. The fourth-order valence-corrected chi connectivity index (χ4v) is 4.55. The van der Waals surface area contributed by atoms with E-state index in [4.69, 9.17) is 9.72 Å². The van der Waals surface area contributed by atoms with Gasteiger partial charge in [-0.3, -0.25) is 4.72 Å². The fraction of sp³-hybridized carbons (Fsp3) is 0.0800. The fourth-order valence-electron chi connectivity index (χ4n) is 4.00. The molecule has 7 heteroatoms. The molecule has 160 valence electrons. The Labute approximate surface area is 185 Å². The first kappa shape index (κ1) is 20.1. The molecule has 0 amide bonds. The number of benzene rings is 4. The third-order valence-corrected chi connectivity index (χ3v) is 5.94. The van der Waals surface area contributed by atoms with Crippen LogP contribution in [-0.4, -0.2) is 26.8 Å². The quantitative estimate of drug-likeness (QED) is 0.270. The molecule has 0 aliphatic heterocycles. The Bertz CT molecular complexity index is 1600. The van der Waals surface area contributed by atoms with Crippen molar-refractivity contribution in [3.05, 3.63) is 78.9 Å². The summed E-state index contributed by atoms with van der Waals surface area (Å²) in [5.74, 6) is 0.521. The van der Waals surface area contributed by atoms with Gasteiger partial charge in [-0.2, -0.15) is 0 Å². The lowest BCUT2D eigenvalue weighted by atomic mass is 10.0. The number of methoxy groups -OCH3 is 1. The van der Waals surface area contributed by atoms with Gasteiger partial charge in [-0.1, -0.05) is 48.5 Å². The number of hydrogen-bond donors (Lipinski definition) is 2. The van der Waals surface area contributed by atoms with Crippen LogP contribution in [-0.2, 0) is 10.0 Å². The van der Waals surface area contributed by atoms with Crippen LogP contribution in [0.5, 0.6) is 5.75 Å². The van der Waals surface area contributed by atoms with Crippen molar-refractivity contribution in [3.8, 4) is 5.75 Å². The Kier molecular flexibility index (Phi) is 4.83. The predicted molar refractivity (Wildman–Crippen MR) is 131 cm³/mol. The molecule has 5 rings (SSSR count). The van der Waals surface area contributed by atoms with Gasteiger partial charge in [0.25, 0.3) is 0 Å². The van der Waals surface area contributed by atoms with Crippen LogP contribution < -0.4 is 14.8 Å². The normalized spacial score (nSPS) is 11.7. The van der Waals surface area contributed by atoms with Crippen molar-refractivity contribution >= 4 is 59.7 Å². The van der Waals surface area contributed by atoms with Gasteiger partial charge >= 0.3 is 0 Å². The summed E-state index contributed by atoms with van der Waals surface area (Å²) in [6, 6.07) is 25.5. The van der Waals surface area contributed by atoms with E-state index in [-0.39, 0.29) is 0 Å². The van der Waals surface area contributed by atoms with Gasteiger partial charge < -0.3 is 10.1 Å². The van der Waals surface area contributed by atoms with E-state index in [0.29, 0.717) is 11.4 Å². The van der Waals surface area contributed by atoms with Crippen molar-refractivity contribution < 1.29 is 13.2 Å². The Balaban J connectivity index is 1.75. The number of nitrogens with zero attached hydrogens (tertiary/aromatic N) is 1. The van der Waals surface area contributed by atoms with Gasteiger partial charge in [0.15, 0.2) is 0 Å². The van der Waals surface area contributed by atoms with E-state index >= 15 is 0 Å². The first-order valence-corrected chi connectivity index (χ1v) is 12.0. The smallest absolute Gasteiger partial charge is 0.229 e. The number of aromatic nitrogens is 1. The monoisotopic (exact) mass is 443 g/mol. The van der Waals surface area contributed by atoms with Crippen LogP contribution in [0.25, 0.3) is 32.6 Å². The summed E-state index contributed by atoms with van der Waals surface area (Å²) in [6.07, 6.45) is 1.12. The molecule has 0 bridgehead atoms. The van der Waals surface area contributed by atoms with Gasteiger partial charge in [0.2, 0.25) is 10.0 Å². The van der Waals surface area contributed by atoms with Crippen molar-refractivity contribution in [1.82, 2.24) is 4.98 Å². The topological polar surface area (TPSA) is 80.3 Å². The highest BCUT2D eigenvalue weighted by Crippen LogP contribution is 2.39. The van der Waals surface area contributed by atoms with E-state index in [0.717, 1.165) is 50.2 Å². The van der Waals surface area contributed by atoms with Gasteiger partial charge in [-0.15, -0.1) is 0 Å². The van der Waals surface area contributed by atoms with E-state index in [2.05, 4.69) is 28.2 Å². The Hall–Kier alpha value is -3.84. The van der Waals surface area contributed by atoms with E-state index < -0.39 is 10.0 Å². The van der Waals surface area contributed by atoms with E-state index in [9.17, 15) is 8.42 Å². The van der Waals surface area contributed by atoms with E-state index in [1.54, 1.807) is 25.3 Å². The number of fused-ring (bicyclic) bond motifs is 4. The number of rotatable bonds is 5. The van der Waals surface area contributed by atoms with Crippen molar-refractivity contribution in [1.29, 1.82) is 0 Å². The molecule has 0 saturated heterocycles. The van der Waals surface area contributed by atoms with Crippen molar-refractivity contribution in [3.63, 3.8) is 0 Å². The molecule has 0 spiro atoms. The van der Waals surface area contributed by atoms with Crippen molar-refractivity contribution in [2.24, 2.45) is 0 Å². The minimum atomic E-state index is -3.39. The maximum Gasteiger partial charge on any atom is 0.229 e. The molecule has 0 unspecified atom stereocenters. The lowest BCUT2D eigenvalue weighted by Crippen LogP contribution is -2.09. The number of nitrogens with one attached hydrogen (secondary N) is 2. The maximum atomic E-state index is 11.6. The van der Waals surface area contributed by atoms with Gasteiger partial charge in [0, 0.05) is 16.8 Å². The van der Waals surface area contributed by atoms with Crippen LogP contribution in [0.4, 0.5) is 17.1 Å². The number of hydrogen-bond acceptors (Lipinski definition) is 5. The summed E-state index contributed by atoms with van der Waals surface area (Å²) in [5, 5.41) is 7.77. The van der Waals surface area contributed by atoms with Crippen LogP contribution in [0.2, 0.25) is 0 Å². The highest BCUT2D eigenvalue weighted by atomic mass is 32.2. The number of sulfonamides is 1. The number of pyridine rings is 1. The third-order valence-electron chi connectivity index (χ3n) is 5.34. The number of anilines is 3. The minimum Gasteiger partial charge on any atom is -0.494 e. The largest absolute Gasteiger partial charge is 0.494 e. The van der Waals surface area contributed by atoms with Crippen LogP contribution in [0.1, 0.15) is 0 Å². The Morgan fingerprint density at radius 1 is 0.844 bits per heavy atom. The average Bonchev–Trinajstić information content (AvgIpc) is 2.78. The second-order valence-electron chi connectivity index (χ2n) is 7.60. The SMILES string of the molecule is COc1cc(NS(C)(=O)=O)ccc1Nc1c2ccccc2nc2ccc3ccccc3c12. The molecular formula is C25H21N3O3S. The number of ether oxygens (including phenoxy) is 1. The van der Waals surface area contributed by atoms with Crippen molar-refractivity contribution in [2.75, 3.05) is 23.4 Å². The number of para-hydroxylation sites is 1. The Morgan fingerprint density at radius 3 is 2.38 bits per heavy atom. The van der Waals surface area contributed by atoms with Crippen LogP contribution in [0.15, 0.2) is 78.9 Å². The third kappa shape index (κ3) is 3.67. The van der Waals surface area contributed by atoms with Gasteiger partial charge in [0.1, 0.15) is 5.75 Å². The summed E-state index contributed by atoms with van der Waals surface area (Å²) in [4.78, 5) is 4.88. The average molecular weight is 444 g/mol. The molecule has 32 heavy (non-hydrogen) atoms. The van der Waals surface area contributed by atoms with E-state index in [1.165, 1.54) is 0 Å². The maximum absolute atomic E-state index is 11.6. The Morgan fingerprint density at radius 2 is 1.59 bits per heavy atom. The molecule has 1 aromatic heterocycles. The molecule has 0 fully saturated rings. The van der Waals surface area contributed by atoms with Gasteiger partial charge in [0.05, 0.1) is 41.5 Å². The summed E-state index contributed by atoms with van der Waals surface area (Å²) >= 11 is 0. The first-order chi connectivity index (χ1) is 15.4. The molecule has 0 atom stereocenters. The van der Waals surface area contributed by atoms with Gasteiger partial charge in [-0.25, -0.2) is 13.4 Å². The highest BCUT2D eigenvalue weighted by Gasteiger charge is 2.15.